The van der Waals surface area contributed by atoms with Gasteiger partial charge in [-0.25, -0.2) is 0 Å². The molecule has 0 saturated heterocycles. The molecule has 0 radical (unpaired) electrons. The van der Waals surface area contributed by atoms with Gasteiger partial charge in [0.25, 0.3) is 0 Å². The highest BCUT2D eigenvalue weighted by molar-refractivity contribution is 5.46. The smallest absolute Gasteiger partial charge is 0.184 e. The highest BCUT2D eigenvalue weighted by Gasteiger charge is 2.48. The Morgan fingerprint density at radius 2 is 2.05 bits per heavy atom. The Balaban J connectivity index is 2.48. The summed E-state index contributed by atoms with van der Waals surface area (Å²) in [5.41, 5.74) is -0.402. The van der Waals surface area contributed by atoms with E-state index >= 15 is 0 Å². The van der Waals surface area contributed by atoms with Crippen LogP contribution in [0.3, 0.4) is 0 Å². The molecule has 1 aromatic carbocycles. The van der Waals surface area contributed by atoms with Gasteiger partial charge in [-0.2, -0.15) is 5.26 Å². The molecule has 5 nitrogen and oxygen atoms in total. The summed E-state index contributed by atoms with van der Waals surface area (Å²) in [6.45, 7) is 0.377. The maximum atomic E-state index is 10.5. The van der Waals surface area contributed by atoms with Crippen LogP contribution in [0.2, 0.25) is 0 Å². The van der Waals surface area contributed by atoms with Gasteiger partial charge in [0.05, 0.1) is 12.7 Å². The third-order valence-corrected chi connectivity index (χ3v) is 3.55. The number of fused-ring (bicyclic) bond motifs is 1. The van der Waals surface area contributed by atoms with Crippen LogP contribution in [0.1, 0.15) is 12.0 Å². The zero-order valence-electron chi connectivity index (χ0n) is 11.0. The van der Waals surface area contributed by atoms with Crippen molar-refractivity contribution >= 4 is 0 Å². The number of nitrogens with zero attached hydrogens (tertiary/aromatic N) is 1. The zero-order valence-corrected chi connectivity index (χ0v) is 11.0. The molecular formula is C14H17NO4. The Morgan fingerprint density at radius 1 is 1.37 bits per heavy atom. The number of benzene rings is 1. The van der Waals surface area contributed by atoms with E-state index in [9.17, 15) is 10.4 Å². The average molecular weight is 263 g/mol. The number of ether oxygens (including phenoxy) is 3. The monoisotopic (exact) mass is 263 g/mol. The van der Waals surface area contributed by atoms with Gasteiger partial charge in [0.2, 0.25) is 0 Å². The third-order valence-electron chi connectivity index (χ3n) is 3.55. The first-order chi connectivity index (χ1) is 9.19. The number of aliphatic hydroxyl groups excluding tert-OH is 1. The number of para-hydroxylation sites is 1. The van der Waals surface area contributed by atoms with Gasteiger partial charge in [0, 0.05) is 26.2 Å². The minimum Gasteiger partial charge on any atom is -0.493 e. The molecule has 2 unspecified atom stereocenters. The molecule has 0 amide bonds. The minimum atomic E-state index is -1.09. The second-order valence-electron chi connectivity index (χ2n) is 4.46. The third kappa shape index (κ3) is 2.19. The lowest BCUT2D eigenvalue weighted by molar-refractivity contribution is -0.180. The summed E-state index contributed by atoms with van der Waals surface area (Å²) in [6, 6.07) is 9.48. The Morgan fingerprint density at radius 3 is 2.68 bits per heavy atom. The molecular weight excluding hydrogens is 246 g/mol. The van der Waals surface area contributed by atoms with E-state index < -0.39 is 17.8 Å². The second-order valence-corrected chi connectivity index (χ2v) is 4.46. The van der Waals surface area contributed by atoms with Gasteiger partial charge in [0.15, 0.2) is 6.29 Å². The fraction of sp³-hybridized carbons (Fsp3) is 0.500. The maximum Gasteiger partial charge on any atom is 0.184 e. The molecule has 1 heterocycles. The van der Waals surface area contributed by atoms with Crippen molar-refractivity contribution in [1.82, 2.24) is 0 Å². The summed E-state index contributed by atoms with van der Waals surface area (Å²) in [4.78, 5) is 0. The van der Waals surface area contributed by atoms with Gasteiger partial charge >= 0.3 is 0 Å². The van der Waals surface area contributed by atoms with Crippen molar-refractivity contribution in [3.8, 4) is 11.8 Å². The van der Waals surface area contributed by atoms with E-state index in [1.807, 2.05) is 12.1 Å². The number of nitriles is 1. The van der Waals surface area contributed by atoms with E-state index in [4.69, 9.17) is 14.2 Å². The molecule has 2 rings (SSSR count). The van der Waals surface area contributed by atoms with Gasteiger partial charge in [0.1, 0.15) is 17.3 Å². The molecule has 0 aliphatic carbocycles. The van der Waals surface area contributed by atoms with Crippen molar-refractivity contribution in [2.24, 2.45) is 0 Å². The summed E-state index contributed by atoms with van der Waals surface area (Å²) in [5.74, 6) is 0.625. The molecule has 102 valence electrons. The van der Waals surface area contributed by atoms with Gasteiger partial charge in [-0.05, 0) is 6.07 Å². The van der Waals surface area contributed by atoms with E-state index in [0.29, 0.717) is 24.3 Å². The Labute approximate surface area is 112 Å². The van der Waals surface area contributed by atoms with Crippen LogP contribution in [0.25, 0.3) is 0 Å². The summed E-state index contributed by atoms with van der Waals surface area (Å²) in [7, 11) is 2.88. The van der Waals surface area contributed by atoms with Crippen molar-refractivity contribution in [3.63, 3.8) is 0 Å². The molecule has 1 aliphatic heterocycles. The van der Waals surface area contributed by atoms with E-state index in [1.54, 1.807) is 12.1 Å². The Hall–Kier alpha value is -1.61. The molecule has 5 heteroatoms. The van der Waals surface area contributed by atoms with Crippen molar-refractivity contribution in [3.05, 3.63) is 29.8 Å². The van der Waals surface area contributed by atoms with Gasteiger partial charge < -0.3 is 19.3 Å². The molecule has 0 bridgehead atoms. The van der Waals surface area contributed by atoms with Crippen LogP contribution < -0.4 is 4.74 Å². The van der Waals surface area contributed by atoms with Crippen molar-refractivity contribution in [2.45, 2.75) is 24.2 Å². The lowest BCUT2D eigenvalue weighted by Crippen LogP contribution is -2.49. The summed E-state index contributed by atoms with van der Waals surface area (Å²) >= 11 is 0. The van der Waals surface area contributed by atoms with Crippen molar-refractivity contribution in [1.29, 1.82) is 5.26 Å². The van der Waals surface area contributed by atoms with E-state index in [0.717, 1.165) is 0 Å². The van der Waals surface area contributed by atoms with E-state index in [2.05, 4.69) is 6.07 Å². The number of rotatable bonds is 4. The molecule has 0 aromatic heterocycles. The Bertz CT molecular complexity index is 481. The van der Waals surface area contributed by atoms with Crippen molar-refractivity contribution < 1.29 is 19.3 Å². The van der Waals surface area contributed by atoms with Crippen LogP contribution in [0, 0.1) is 11.3 Å². The molecule has 1 aliphatic rings. The van der Waals surface area contributed by atoms with E-state index in [-0.39, 0.29) is 0 Å². The first-order valence-electron chi connectivity index (χ1n) is 6.07. The number of hydrogen-bond acceptors (Lipinski definition) is 5. The fourth-order valence-electron chi connectivity index (χ4n) is 2.49. The molecule has 0 fully saturated rings. The first kappa shape index (κ1) is 13.8. The lowest BCUT2D eigenvalue weighted by atomic mass is 9.72. The second kappa shape index (κ2) is 5.57. The quantitative estimate of drug-likeness (QED) is 0.827. The van der Waals surface area contributed by atoms with Crippen molar-refractivity contribution in [2.75, 3.05) is 20.8 Å². The molecule has 2 atom stereocenters. The number of hydrogen-bond donors (Lipinski definition) is 1. The minimum absolute atomic E-state index is 0.377. The van der Waals surface area contributed by atoms with Crippen LogP contribution >= 0.6 is 0 Å². The summed E-state index contributed by atoms with van der Waals surface area (Å²) in [6.07, 6.45) is -1.55. The highest BCUT2D eigenvalue weighted by atomic mass is 16.7. The molecule has 1 aromatic rings. The van der Waals surface area contributed by atoms with Crippen LogP contribution in [0.4, 0.5) is 0 Å². The number of aliphatic hydroxyl groups is 1. The van der Waals surface area contributed by atoms with Gasteiger partial charge in [-0.15, -0.1) is 0 Å². The predicted molar refractivity (Wildman–Crippen MR) is 67.7 cm³/mol. The van der Waals surface area contributed by atoms with Crippen LogP contribution in [-0.4, -0.2) is 38.3 Å². The van der Waals surface area contributed by atoms with Gasteiger partial charge in [-0.3, -0.25) is 0 Å². The zero-order chi connectivity index (χ0) is 13.9. The normalized spacial score (nSPS) is 23.3. The number of methoxy groups -OCH3 is 2. The van der Waals surface area contributed by atoms with Crippen LogP contribution in [0.15, 0.2) is 24.3 Å². The average Bonchev–Trinajstić information content (AvgIpc) is 2.47. The van der Waals surface area contributed by atoms with Gasteiger partial charge in [-0.1, -0.05) is 18.2 Å². The summed E-state index contributed by atoms with van der Waals surface area (Å²) < 4.78 is 15.7. The fourth-order valence-corrected chi connectivity index (χ4v) is 2.49. The topological polar surface area (TPSA) is 71.7 Å². The highest BCUT2D eigenvalue weighted by Crippen LogP contribution is 2.42. The first-order valence-corrected chi connectivity index (χ1v) is 6.07. The van der Waals surface area contributed by atoms with Crippen LogP contribution in [-0.2, 0) is 14.9 Å². The molecule has 0 saturated carbocycles. The SMILES string of the molecule is COC(OC)C(O)C1(C#N)CCOc2ccccc21. The molecule has 0 spiro atoms. The van der Waals surface area contributed by atoms with E-state index in [1.165, 1.54) is 14.2 Å². The van der Waals surface area contributed by atoms with Crippen LogP contribution in [0.5, 0.6) is 5.75 Å². The Kier molecular flexibility index (Phi) is 4.05. The molecule has 1 N–H and O–H groups in total. The standard InChI is InChI=1S/C14H17NO4/c1-17-13(18-2)12(16)14(9-15)7-8-19-11-6-4-3-5-10(11)14/h3-6,12-13,16H,7-8H2,1-2H3. The molecule has 19 heavy (non-hydrogen) atoms. The largest absolute Gasteiger partial charge is 0.493 e. The summed E-state index contributed by atoms with van der Waals surface area (Å²) in [5, 5.41) is 20.1. The maximum absolute atomic E-state index is 10.5. The predicted octanol–water partition coefficient (Wildman–Crippen LogP) is 1.21. The lowest BCUT2D eigenvalue weighted by Gasteiger charge is -2.38.